The van der Waals surface area contributed by atoms with Crippen molar-refractivity contribution < 1.29 is 14.3 Å². The average Bonchev–Trinajstić information content (AvgIpc) is 2.57. The minimum atomic E-state index is -0.375. The number of rotatable bonds is 7. The molecule has 0 aliphatic heterocycles. The lowest BCUT2D eigenvalue weighted by Gasteiger charge is -2.20. The quantitative estimate of drug-likeness (QED) is 0.738. The van der Waals surface area contributed by atoms with Gasteiger partial charge in [-0.05, 0) is 33.6 Å². The number of methoxy groups -OCH3 is 1. The van der Waals surface area contributed by atoms with Gasteiger partial charge in [-0.25, -0.2) is 0 Å². The Morgan fingerprint density at radius 2 is 1.71 bits per heavy atom. The third kappa shape index (κ3) is 5.79. The summed E-state index contributed by atoms with van der Waals surface area (Å²) < 4.78 is 5.52. The normalized spacial score (nSPS) is 10.5. The molecule has 0 saturated heterocycles. The van der Waals surface area contributed by atoms with E-state index in [0.29, 0.717) is 12.2 Å². The van der Waals surface area contributed by atoms with Gasteiger partial charge in [0.2, 0.25) is 5.91 Å². The van der Waals surface area contributed by atoms with Gasteiger partial charge < -0.3 is 10.1 Å². The van der Waals surface area contributed by atoms with Crippen molar-refractivity contribution in [1.82, 2.24) is 4.90 Å². The molecule has 0 aromatic heterocycles. The van der Waals surface area contributed by atoms with E-state index in [4.69, 9.17) is 4.74 Å². The van der Waals surface area contributed by atoms with Gasteiger partial charge in [0, 0.05) is 11.0 Å². The SMILES string of the molecule is COC(=O)CN(CC(=O)Nc1ccccc1Br)Cc1ccccc1. The van der Waals surface area contributed by atoms with E-state index in [9.17, 15) is 9.59 Å². The van der Waals surface area contributed by atoms with Crippen molar-refractivity contribution in [3.63, 3.8) is 0 Å². The number of nitrogens with zero attached hydrogens (tertiary/aromatic N) is 1. The number of ether oxygens (including phenoxy) is 1. The van der Waals surface area contributed by atoms with Gasteiger partial charge in [0.05, 0.1) is 25.9 Å². The molecule has 24 heavy (non-hydrogen) atoms. The van der Waals surface area contributed by atoms with Crippen LogP contribution in [0.15, 0.2) is 59.1 Å². The van der Waals surface area contributed by atoms with E-state index in [0.717, 1.165) is 10.0 Å². The number of carbonyl (C=O) groups excluding carboxylic acids is 2. The molecule has 0 heterocycles. The van der Waals surface area contributed by atoms with Crippen molar-refractivity contribution in [3.8, 4) is 0 Å². The lowest BCUT2D eigenvalue weighted by Crippen LogP contribution is -2.37. The second-order valence-corrected chi connectivity index (χ2v) is 6.09. The first-order valence-electron chi connectivity index (χ1n) is 7.46. The second kappa shape index (κ2) is 9.20. The molecule has 0 fully saturated rings. The van der Waals surface area contributed by atoms with Crippen LogP contribution in [0.25, 0.3) is 0 Å². The first-order chi connectivity index (χ1) is 11.6. The molecule has 126 valence electrons. The Hall–Kier alpha value is -2.18. The highest BCUT2D eigenvalue weighted by molar-refractivity contribution is 9.10. The predicted octanol–water partition coefficient (Wildman–Crippen LogP) is 3.06. The average molecular weight is 391 g/mol. The Kier molecular flexibility index (Phi) is 6.96. The molecule has 0 aliphatic carbocycles. The van der Waals surface area contributed by atoms with E-state index >= 15 is 0 Å². The largest absolute Gasteiger partial charge is 0.468 e. The Morgan fingerprint density at radius 3 is 2.38 bits per heavy atom. The molecule has 0 atom stereocenters. The number of anilines is 1. The number of benzene rings is 2. The van der Waals surface area contributed by atoms with Crippen LogP contribution in [0.2, 0.25) is 0 Å². The number of hydrogen-bond donors (Lipinski definition) is 1. The van der Waals surface area contributed by atoms with Gasteiger partial charge in [-0.3, -0.25) is 14.5 Å². The zero-order chi connectivity index (χ0) is 17.4. The third-order valence-corrected chi connectivity index (χ3v) is 4.04. The predicted molar refractivity (Wildman–Crippen MR) is 96.5 cm³/mol. The van der Waals surface area contributed by atoms with Crippen LogP contribution in [0.1, 0.15) is 5.56 Å². The maximum absolute atomic E-state index is 12.3. The van der Waals surface area contributed by atoms with Gasteiger partial charge in [0.1, 0.15) is 0 Å². The van der Waals surface area contributed by atoms with E-state index in [1.807, 2.05) is 54.6 Å². The molecule has 1 N–H and O–H groups in total. The van der Waals surface area contributed by atoms with Crippen molar-refractivity contribution in [2.75, 3.05) is 25.5 Å². The molecule has 2 rings (SSSR count). The monoisotopic (exact) mass is 390 g/mol. The van der Waals surface area contributed by atoms with E-state index in [2.05, 4.69) is 21.2 Å². The van der Waals surface area contributed by atoms with Gasteiger partial charge in [-0.1, -0.05) is 42.5 Å². The second-order valence-electron chi connectivity index (χ2n) is 5.23. The van der Waals surface area contributed by atoms with Crippen molar-refractivity contribution in [3.05, 3.63) is 64.6 Å². The van der Waals surface area contributed by atoms with Crippen molar-refractivity contribution in [2.24, 2.45) is 0 Å². The summed E-state index contributed by atoms with van der Waals surface area (Å²) in [5, 5.41) is 2.84. The summed E-state index contributed by atoms with van der Waals surface area (Å²) in [6, 6.07) is 17.1. The summed E-state index contributed by atoms with van der Waals surface area (Å²) in [4.78, 5) is 25.7. The van der Waals surface area contributed by atoms with Crippen LogP contribution >= 0.6 is 15.9 Å². The Balaban J connectivity index is 2.02. The molecule has 0 bridgehead atoms. The lowest BCUT2D eigenvalue weighted by molar-refractivity contribution is -0.142. The maximum Gasteiger partial charge on any atom is 0.319 e. The summed E-state index contributed by atoms with van der Waals surface area (Å²) in [6.45, 7) is 0.624. The van der Waals surface area contributed by atoms with Crippen molar-refractivity contribution in [2.45, 2.75) is 6.54 Å². The molecule has 6 heteroatoms. The third-order valence-electron chi connectivity index (χ3n) is 3.34. The number of carbonyl (C=O) groups is 2. The van der Waals surface area contributed by atoms with Crippen LogP contribution in [0.5, 0.6) is 0 Å². The van der Waals surface area contributed by atoms with E-state index in [1.165, 1.54) is 7.11 Å². The lowest BCUT2D eigenvalue weighted by atomic mass is 10.2. The fourth-order valence-electron chi connectivity index (χ4n) is 2.21. The number of halogens is 1. The van der Waals surface area contributed by atoms with E-state index in [1.54, 1.807) is 4.90 Å². The minimum Gasteiger partial charge on any atom is -0.468 e. The Bertz CT molecular complexity index is 692. The standard InChI is InChI=1S/C18H19BrN2O3/c1-24-18(23)13-21(11-14-7-3-2-4-8-14)12-17(22)20-16-10-6-5-9-15(16)19/h2-10H,11-13H2,1H3,(H,20,22). The fourth-order valence-corrected chi connectivity index (χ4v) is 2.60. The van der Waals surface area contributed by atoms with Crippen LogP contribution in [-0.4, -0.2) is 37.0 Å². The molecule has 0 spiro atoms. The van der Waals surface area contributed by atoms with Gasteiger partial charge in [-0.15, -0.1) is 0 Å². The number of amides is 1. The molecule has 1 amide bonds. The summed E-state index contributed by atoms with van der Waals surface area (Å²) >= 11 is 3.39. The molecule has 2 aromatic carbocycles. The number of hydrogen-bond acceptors (Lipinski definition) is 4. The molecule has 0 radical (unpaired) electrons. The summed E-state index contributed by atoms with van der Waals surface area (Å²) in [5.74, 6) is -0.568. The van der Waals surface area contributed by atoms with Gasteiger partial charge in [0.25, 0.3) is 0 Å². The van der Waals surface area contributed by atoms with Crippen LogP contribution < -0.4 is 5.32 Å². The number of para-hydroxylation sites is 1. The topological polar surface area (TPSA) is 58.6 Å². The maximum atomic E-state index is 12.3. The first-order valence-corrected chi connectivity index (χ1v) is 8.25. The highest BCUT2D eigenvalue weighted by Crippen LogP contribution is 2.21. The molecule has 2 aromatic rings. The Labute approximate surface area is 149 Å². The summed E-state index contributed by atoms with van der Waals surface area (Å²) in [5.41, 5.74) is 1.72. The number of nitrogens with one attached hydrogen (secondary N) is 1. The zero-order valence-corrected chi connectivity index (χ0v) is 15.0. The van der Waals surface area contributed by atoms with Gasteiger partial charge >= 0.3 is 5.97 Å². The van der Waals surface area contributed by atoms with Crippen LogP contribution in [0.4, 0.5) is 5.69 Å². The zero-order valence-electron chi connectivity index (χ0n) is 13.4. The molecule has 5 nitrogen and oxygen atoms in total. The molecule has 0 unspecified atom stereocenters. The van der Waals surface area contributed by atoms with Crippen LogP contribution in [0.3, 0.4) is 0 Å². The van der Waals surface area contributed by atoms with Crippen molar-refractivity contribution in [1.29, 1.82) is 0 Å². The van der Waals surface area contributed by atoms with Gasteiger partial charge in [0.15, 0.2) is 0 Å². The number of esters is 1. The van der Waals surface area contributed by atoms with Crippen LogP contribution in [0, 0.1) is 0 Å². The Morgan fingerprint density at radius 1 is 1.04 bits per heavy atom. The molecule has 0 saturated carbocycles. The highest BCUT2D eigenvalue weighted by Gasteiger charge is 2.16. The molecular formula is C18H19BrN2O3. The first kappa shape index (κ1) is 18.2. The summed E-state index contributed by atoms with van der Waals surface area (Å²) in [7, 11) is 1.34. The molecular weight excluding hydrogens is 372 g/mol. The molecule has 0 aliphatic rings. The summed E-state index contributed by atoms with van der Waals surface area (Å²) in [6.07, 6.45) is 0. The van der Waals surface area contributed by atoms with E-state index in [-0.39, 0.29) is 25.0 Å². The highest BCUT2D eigenvalue weighted by atomic mass is 79.9. The van der Waals surface area contributed by atoms with Crippen molar-refractivity contribution >= 4 is 33.5 Å². The van der Waals surface area contributed by atoms with Crippen LogP contribution in [-0.2, 0) is 20.9 Å². The fraction of sp³-hybridized carbons (Fsp3) is 0.222. The minimum absolute atomic E-state index is 0.0504. The van der Waals surface area contributed by atoms with Gasteiger partial charge in [-0.2, -0.15) is 0 Å². The smallest absolute Gasteiger partial charge is 0.319 e. The van der Waals surface area contributed by atoms with E-state index < -0.39 is 0 Å².